The van der Waals surface area contributed by atoms with Gasteiger partial charge in [-0.25, -0.2) is 12.4 Å². The molecule has 7 nitrogen and oxygen atoms in total. The number of hydrogen-bond acceptors (Lipinski definition) is 6. The Balaban J connectivity index is 1.79. The first kappa shape index (κ1) is 18.9. The minimum absolute atomic E-state index is 0.167. The number of aromatic nitrogens is 4. The minimum atomic E-state index is -3.81. The van der Waals surface area contributed by atoms with E-state index in [1.807, 2.05) is 25.2 Å². The average Bonchev–Trinajstić information content (AvgIpc) is 3.54. The molecule has 0 amide bonds. The van der Waals surface area contributed by atoms with Gasteiger partial charge in [0, 0.05) is 43.1 Å². The Hall–Kier alpha value is -3.10. The highest BCUT2D eigenvalue weighted by Crippen LogP contribution is 2.48. The molecule has 1 aliphatic rings. The van der Waals surface area contributed by atoms with Gasteiger partial charge in [0.25, 0.3) is 10.0 Å². The van der Waals surface area contributed by atoms with E-state index in [1.54, 1.807) is 36.9 Å². The molecule has 1 N–H and O–H groups in total. The van der Waals surface area contributed by atoms with Gasteiger partial charge < -0.3 is 5.32 Å². The molecular formula is C22H21N5O2S. The number of benzene rings is 1. The summed E-state index contributed by atoms with van der Waals surface area (Å²) in [6.45, 7) is 0.599. The monoisotopic (exact) mass is 419 g/mol. The number of fused-ring (bicyclic) bond motifs is 1. The Morgan fingerprint density at radius 2 is 1.90 bits per heavy atom. The zero-order valence-corrected chi connectivity index (χ0v) is 17.3. The first-order chi connectivity index (χ1) is 14.6. The zero-order chi connectivity index (χ0) is 20.7. The van der Waals surface area contributed by atoms with Crippen molar-refractivity contribution in [3.05, 3.63) is 72.4 Å². The molecule has 0 bridgehead atoms. The van der Waals surface area contributed by atoms with Crippen LogP contribution in [0.3, 0.4) is 0 Å². The fourth-order valence-corrected chi connectivity index (χ4v) is 5.28. The summed E-state index contributed by atoms with van der Waals surface area (Å²) in [5, 5.41) is 3.18. The van der Waals surface area contributed by atoms with Crippen molar-refractivity contribution >= 4 is 21.1 Å². The summed E-state index contributed by atoms with van der Waals surface area (Å²) in [6, 6.07) is 8.95. The Morgan fingerprint density at radius 1 is 1.10 bits per heavy atom. The second kappa shape index (κ2) is 7.30. The molecule has 0 atom stereocenters. The fourth-order valence-electron chi connectivity index (χ4n) is 3.90. The van der Waals surface area contributed by atoms with E-state index in [1.165, 1.54) is 10.2 Å². The van der Waals surface area contributed by atoms with Gasteiger partial charge in [0.15, 0.2) is 0 Å². The number of pyridine rings is 1. The van der Waals surface area contributed by atoms with Crippen LogP contribution in [0.5, 0.6) is 0 Å². The molecule has 0 aliphatic heterocycles. The molecular weight excluding hydrogens is 398 g/mol. The smallest absolute Gasteiger partial charge is 0.269 e. The average molecular weight is 420 g/mol. The SMILES string of the molecule is CNCc1cn(S(=O)(=O)c2cccnc2)c(-c2ccc3nccnc3c2)c1C1CC1. The normalized spacial score (nSPS) is 14.3. The second-order valence-electron chi connectivity index (χ2n) is 7.47. The fraction of sp³-hybridized carbons (Fsp3) is 0.227. The van der Waals surface area contributed by atoms with Crippen molar-refractivity contribution in [3.63, 3.8) is 0 Å². The standard InChI is InChI=1S/C22H21N5O2S/c1-23-12-17-14-27(30(28,29)18-3-2-8-24-13-18)22(21(17)15-4-5-15)16-6-7-19-20(11-16)26-10-9-25-19/h2-3,6-11,13-15,23H,4-5,12H2,1H3. The van der Waals surface area contributed by atoms with Crippen LogP contribution < -0.4 is 5.32 Å². The summed E-state index contributed by atoms with van der Waals surface area (Å²) in [5.74, 6) is 0.367. The molecule has 1 aliphatic carbocycles. The molecule has 30 heavy (non-hydrogen) atoms. The van der Waals surface area contributed by atoms with Crippen molar-refractivity contribution in [1.29, 1.82) is 0 Å². The highest BCUT2D eigenvalue weighted by Gasteiger charge is 2.34. The van der Waals surface area contributed by atoms with Crippen molar-refractivity contribution in [2.75, 3.05) is 7.05 Å². The van der Waals surface area contributed by atoms with Gasteiger partial charge >= 0.3 is 0 Å². The predicted molar refractivity (Wildman–Crippen MR) is 115 cm³/mol. The quantitative estimate of drug-likeness (QED) is 0.516. The minimum Gasteiger partial charge on any atom is -0.316 e. The van der Waals surface area contributed by atoms with E-state index in [-0.39, 0.29) is 4.90 Å². The number of nitrogens with one attached hydrogen (secondary N) is 1. The third-order valence-electron chi connectivity index (χ3n) is 5.38. The van der Waals surface area contributed by atoms with Gasteiger partial charge in [-0.15, -0.1) is 0 Å². The van der Waals surface area contributed by atoms with Crippen molar-refractivity contribution < 1.29 is 8.42 Å². The van der Waals surface area contributed by atoms with E-state index in [9.17, 15) is 8.42 Å². The highest BCUT2D eigenvalue weighted by atomic mass is 32.2. The van der Waals surface area contributed by atoms with Crippen LogP contribution in [0.25, 0.3) is 22.3 Å². The Bertz CT molecular complexity index is 1330. The molecule has 4 aromatic rings. The topological polar surface area (TPSA) is 89.8 Å². The van der Waals surface area contributed by atoms with Gasteiger partial charge in [-0.05, 0) is 61.2 Å². The summed E-state index contributed by atoms with van der Waals surface area (Å²) in [4.78, 5) is 12.9. The lowest BCUT2D eigenvalue weighted by molar-refractivity contribution is 0.587. The maximum Gasteiger partial charge on any atom is 0.269 e. The van der Waals surface area contributed by atoms with Gasteiger partial charge in [-0.3, -0.25) is 15.0 Å². The van der Waals surface area contributed by atoms with Gasteiger partial charge in [-0.2, -0.15) is 0 Å². The van der Waals surface area contributed by atoms with Gasteiger partial charge in [0.05, 0.1) is 16.7 Å². The molecule has 0 unspecified atom stereocenters. The van der Waals surface area contributed by atoms with Gasteiger partial charge in [0.1, 0.15) is 4.90 Å². The van der Waals surface area contributed by atoms with Crippen LogP contribution in [0.1, 0.15) is 29.9 Å². The first-order valence-corrected chi connectivity index (χ1v) is 11.3. The summed E-state index contributed by atoms with van der Waals surface area (Å²) in [6.07, 6.45) is 10.1. The van der Waals surface area contributed by atoms with Crippen LogP contribution in [0.4, 0.5) is 0 Å². The molecule has 0 spiro atoms. The van der Waals surface area contributed by atoms with Crippen LogP contribution in [0.15, 0.2) is 66.2 Å². The maximum absolute atomic E-state index is 13.6. The van der Waals surface area contributed by atoms with Gasteiger partial charge in [-0.1, -0.05) is 6.07 Å². The lowest BCUT2D eigenvalue weighted by Gasteiger charge is -2.13. The lowest BCUT2D eigenvalue weighted by Crippen LogP contribution is -2.14. The molecule has 0 saturated heterocycles. The van der Waals surface area contributed by atoms with Crippen LogP contribution in [0.2, 0.25) is 0 Å². The van der Waals surface area contributed by atoms with E-state index >= 15 is 0 Å². The van der Waals surface area contributed by atoms with Crippen molar-refractivity contribution in [2.45, 2.75) is 30.2 Å². The van der Waals surface area contributed by atoms with Gasteiger partial charge in [0.2, 0.25) is 0 Å². The van der Waals surface area contributed by atoms with Crippen LogP contribution >= 0.6 is 0 Å². The van der Waals surface area contributed by atoms with E-state index in [0.717, 1.165) is 40.6 Å². The summed E-state index contributed by atoms with van der Waals surface area (Å²) < 4.78 is 28.6. The Labute approximate surface area is 174 Å². The van der Waals surface area contributed by atoms with Crippen LogP contribution in [-0.2, 0) is 16.6 Å². The maximum atomic E-state index is 13.6. The molecule has 3 aromatic heterocycles. The summed E-state index contributed by atoms with van der Waals surface area (Å²) in [7, 11) is -1.94. The molecule has 152 valence electrons. The summed E-state index contributed by atoms with van der Waals surface area (Å²) in [5.41, 5.74) is 5.14. The largest absolute Gasteiger partial charge is 0.316 e. The van der Waals surface area contributed by atoms with Crippen molar-refractivity contribution in [1.82, 2.24) is 24.2 Å². The first-order valence-electron chi connectivity index (χ1n) is 9.85. The third-order valence-corrected chi connectivity index (χ3v) is 7.02. The molecule has 5 rings (SSSR count). The van der Waals surface area contributed by atoms with E-state index in [0.29, 0.717) is 18.2 Å². The van der Waals surface area contributed by atoms with Crippen molar-refractivity contribution in [3.8, 4) is 11.3 Å². The van der Waals surface area contributed by atoms with E-state index < -0.39 is 10.0 Å². The summed E-state index contributed by atoms with van der Waals surface area (Å²) >= 11 is 0. The number of nitrogens with zero attached hydrogens (tertiary/aromatic N) is 4. The number of hydrogen-bond donors (Lipinski definition) is 1. The zero-order valence-electron chi connectivity index (χ0n) is 16.5. The molecule has 0 radical (unpaired) electrons. The predicted octanol–water partition coefficient (Wildman–Crippen LogP) is 3.33. The van der Waals surface area contributed by atoms with E-state index in [2.05, 4.69) is 20.3 Å². The number of rotatable bonds is 6. The van der Waals surface area contributed by atoms with E-state index in [4.69, 9.17) is 0 Å². The third kappa shape index (κ3) is 3.18. The molecule has 1 aromatic carbocycles. The molecule has 1 saturated carbocycles. The van der Waals surface area contributed by atoms with Crippen molar-refractivity contribution in [2.24, 2.45) is 0 Å². The molecule has 3 heterocycles. The second-order valence-corrected chi connectivity index (χ2v) is 9.29. The Morgan fingerprint density at radius 3 is 2.60 bits per heavy atom. The van der Waals surface area contributed by atoms with Crippen LogP contribution in [0, 0.1) is 0 Å². The van der Waals surface area contributed by atoms with Crippen LogP contribution in [-0.4, -0.2) is 34.4 Å². The lowest BCUT2D eigenvalue weighted by atomic mass is 10.0. The Kier molecular flexibility index (Phi) is 4.60. The highest BCUT2D eigenvalue weighted by molar-refractivity contribution is 7.90. The molecule has 8 heteroatoms. The molecule has 1 fully saturated rings.